The summed E-state index contributed by atoms with van der Waals surface area (Å²) in [6, 6.07) is 7.79. The molecule has 0 saturated heterocycles. The third-order valence-electron chi connectivity index (χ3n) is 3.32. The average molecular weight is 343 g/mol. The standard InChI is InChI=1S/C16H17N5O2S/c1-3-14-17-13(10-24-14)9-23-15(22)8-21-19-16(18-20-21)12-6-4-11(2)5-7-12/h4-7,10H,3,8-9H2,1-2H3. The highest BCUT2D eigenvalue weighted by molar-refractivity contribution is 7.09. The average Bonchev–Trinajstić information content (AvgIpc) is 3.23. The molecule has 8 heteroatoms. The molecular weight excluding hydrogens is 326 g/mol. The van der Waals surface area contributed by atoms with Gasteiger partial charge in [0.25, 0.3) is 0 Å². The lowest BCUT2D eigenvalue weighted by Gasteiger charge is -2.01. The predicted molar refractivity (Wildman–Crippen MR) is 89.3 cm³/mol. The smallest absolute Gasteiger partial charge is 0.330 e. The van der Waals surface area contributed by atoms with Crippen molar-refractivity contribution >= 4 is 17.3 Å². The number of carbonyl (C=O) groups is 1. The van der Waals surface area contributed by atoms with Crippen molar-refractivity contribution in [3.63, 3.8) is 0 Å². The number of ether oxygens (including phenoxy) is 1. The van der Waals surface area contributed by atoms with Gasteiger partial charge in [-0.2, -0.15) is 4.80 Å². The van der Waals surface area contributed by atoms with Crippen LogP contribution in [-0.2, 0) is 29.1 Å². The number of benzene rings is 1. The summed E-state index contributed by atoms with van der Waals surface area (Å²) in [7, 11) is 0. The molecule has 2 heterocycles. The molecular formula is C16H17N5O2S. The zero-order valence-corrected chi connectivity index (χ0v) is 14.3. The van der Waals surface area contributed by atoms with E-state index < -0.39 is 5.97 Å². The number of hydrogen-bond donors (Lipinski definition) is 0. The SMILES string of the molecule is CCc1nc(COC(=O)Cn2nnc(-c3ccc(C)cc3)n2)cs1. The van der Waals surface area contributed by atoms with Crippen LogP contribution in [0.1, 0.15) is 23.2 Å². The second kappa shape index (κ2) is 7.31. The summed E-state index contributed by atoms with van der Waals surface area (Å²) in [6.45, 7) is 4.13. The summed E-state index contributed by atoms with van der Waals surface area (Å²) in [4.78, 5) is 17.5. The predicted octanol–water partition coefficient (Wildman–Crippen LogP) is 2.41. The number of nitrogens with zero attached hydrogens (tertiary/aromatic N) is 5. The van der Waals surface area contributed by atoms with Crippen molar-refractivity contribution < 1.29 is 9.53 Å². The first-order valence-corrected chi connectivity index (χ1v) is 8.45. The maximum Gasteiger partial charge on any atom is 0.330 e. The number of aromatic nitrogens is 5. The Morgan fingerprint density at radius 3 is 2.79 bits per heavy atom. The highest BCUT2D eigenvalue weighted by atomic mass is 32.1. The Bertz CT molecular complexity index is 825. The molecule has 0 amide bonds. The van der Waals surface area contributed by atoms with Crippen LogP contribution in [0.2, 0.25) is 0 Å². The number of aryl methyl sites for hydroxylation is 2. The minimum absolute atomic E-state index is 0.0797. The van der Waals surface area contributed by atoms with Crippen LogP contribution < -0.4 is 0 Å². The third kappa shape index (κ3) is 4.02. The van der Waals surface area contributed by atoms with Gasteiger partial charge < -0.3 is 4.74 Å². The molecule has 0 unspecified atom stereocenters. The van der Waals surface area contributed by atoms with Crippen molar-refractivity contribution in [3.8, 4) is 11.4 Å². The van der Waals surface area contributed by atoms with Gasteiger partial charge in [0.15, 0.2) is 6.54 Å². The Hall–Kier alpha value is -2.61. The fourth-order valence-electron chi connectivity index (χ4n) is 2.02. The van der Waals surface area contributed by atoms with E-state index in [-0.39, 0.29) is 13.2 Å². The van der Waals surface area contributed by atoms with Gasteiger partial charge in [-0.15, -0.1) is 21.5 Å². The molecule has 0 aliphatic rings. The molecule has 3 aromatic rings. The first-order chi connectivity index (χ1) is 11.6. The van der Waals surface area contributed by atoms with Gasteiger partial charge in [-0.05, 0) is 18.6 Å². The number of esters is 1. The van der Waals surface area contributed by atoms with Gasteiger partial charge in [-0.25, -0.2) is 9.78 Å². The van der Waals surface area contributed by atoms with E-state index in [1.54, 1.807) is 11.3 Å². The van der Waals surface area contributed by atoms with Crippen LogP contribution in [0, 0.1) is 6.92 Å². The molecule has 0 aliphatic heterocycles. The van der Waals surface area contributed by atoms with Crippen LogP contribution in [0.3, 0.4) is 0 Å². The fourth-order valence-corrected chi connectivity index (χ4v) is 2.75. The van der Waals surface area contributed by atoms with Crippen LogP contribution in [0.25, 0.3) is 11.4 Å². The summed E-state index contributed by atoms with van der Waals surface area (Å²) in [5, 5.41) is 15.0. The number of hydrogen-bond acceptors (Lipinski definition) is 7. The van der Waals surface area contributed by atoms with Gasteiger partial charge in [0, 0.05) is 10.9 Å². The van der Waals surface area contributed by atoms with Gasteiger partial charge >= 0.3 is 5.97 Å². The van der Waals surface area contributed by atoms with Crippen molar-refractivity contribution in [2.24, 2.45) is 0 Å². The molecule has 0 fully saturated rings. The molecule has 1 aromatic carbocycles. The molecule has 0 spiro atoms. The Morgan fingerprint density at radius 1 is 1.29 bits per heavy atom. The van der Waals surface area contributed by atoms with Crippen molar-refractivity contribution in [2.45, 2.75) is 33.4 Å². The Balaban J connectivity index is 1.56. The normalized spacial score (nSPS) is 10.8. The summed E-state index contributed by atoms with van der Waals surface area (Å²) in [5.74, 6) is 0.0591. The lowest BCUT2D eigenvalue weighted by atomic mass is 10.1. The van der Waals surface area contributed by atoms with Crippen molar-refractivity contribution in [1.29, 1.82) is 0 Å². The van der Waals surface area contributed by atoms with Gasteiger partial charge in [-0.1, -0.05) is 36.8 Å². The van der Waals surface area contributed by atoms with E-state index in [0.717, 1.165) is 28.2 Å². The molecule has 124 valence electrons. The number of thiazole rings is 1. The maximum absolute atomic E-state index is 11.9. The number of carbonyl (C=O) groups excluding carboxylic acids is 1. The topological polar surface area (TPSA) is 82.8 Å². The molecule has 2 aromatic heterocycles. The number of rotatable bonds is 6. The fraction of sp³-hybridized carbons (Fsp3) is 0.312. The quantitative estimate of drug-likeness (QED) is 0.639. The van der Waals surface area contributed by atoms with Crippen LogP contribution in [0.4, 0.5) is 0 Å². The lowest BCUT2D eigenvalue weighted by molar-refractivity contribution is -0.146. The Morgan fingerprint density at radius 2 is 2.08 bits per heavy atom. The first kappa shape index (κ1) is 16.3. The second-order valence-electron chi connectivity index (χ2n) is 5.26. The Labute approximate surface area is 143 Å². The van der Waals surface area contributed by atoms with Crippen molar-refractivity contribution in [1.82, 2.24) is 25.2 Å². The maximum atomic E-state index is 11.9. The van der Waals surface area contributed by atoms with Crippen molar-refractivity contribution in [3.05, 3.63) is 45.9 Å². The van der Waals surface area contributed by atoms with E-state index >= 15 is 0 Å². The van der Waals surface area contributed by atoms with Crippen LogP contribution in [0.15, 0.2) is 29.6 Å². The molecule has 0 radical (unpaired) electrons. The summed E-state index contributed by atoms with van der Waals surface area (Å²) >= 11 is 1.56. The van der Waals surface area contributed by atoms with Crippen LogP contribution >= 0.6 is 11.3 Å². The van der Waals surface area contributed by atoms with E-state index in [1.807, 2.05) is 43.5 Å². The molecule has 0 N–H and O–H groups in total. The minimum Gasteiger partial charge on any atom is -0.458 e. The highest BCUT2D eigenvalue weighted by Gasteiger charge is 2.11. The molecule has 0 bridgehead atoms. The second-order valence-corrected chi connectivity index (χ2v) is 6.20. The molecule has 7 nitrogen and oxygen atoms in total. The first-order valence-electron chi connectivity index (χ1n) is 7.58. The lowest BCUT2D eigenvalue weighted by Crippen LogP contribution is -2.16. The highest BCUT2D eigenvalue weighted by Crippen LogP contribution is 2.14. The van der Waals surface area contributed by atoms with Gasteiger partial charge in [0.05, 0.1) is 10.7 Å². The van der Waals surface area contributed by atoms with E-state index in [4.69, 9.17) is 4.74 Å². The van der Waals surface area contributed by atoms with Gasteiger partial charge in [0.2, 0.25) is 5.82 Å². The van der Waals surface area contributed by atoms with Crippen LogP contribution in [0.5, 0.6) is 0 Å². The molecule has 0 saturated carbocycles. The summed E-state index contributed by atoms with van der Waals surface area (Å²) in [5.41, 5.74) is 2.77. The molecule has 3 rings (SSSR count). The van der Waals surface area contributed by atoms with E-state index in [9.17, 15) is 4.79 Å². The zero-order chi connectivity index (χ0) is 16.9. The monoisotopic (exact) mass is 343 g/mol. The molecule has 24 heavy (non-hydrogen) atoms. The van der Waals surface area contributed by atoms with E-state index in [2.05, 4.69) is 20.4 Å². The van der Waals surface area contributed by atoms with Gasteiger partial charge in [0.1, 0.15) is 6.61 Å². The summed E-state index contributed by atoms with van der Waals surface area (Å²) in [6.07, 6.45) is 0.878. The minimum atomic E-state index is -0.422. The van der Waals surface area contributed by atoms with E-state index in [1.165, 1.54) is 4.80 Å². The van der Waals surface area contributed by atoms with Gasteiger partial charge in [-0.3, -0.25) is 0 Å². The third-order valence-corrected chi connectivity index (χ3v) is 4.36. The zero-order valence-electron chi connectivity index (χ0n) is 13.5. The number of tetrazole rings is 1. The van der Waals surface area contributed by atoms with Crippen molar-refractivity contribution in [2.75, 3.05) is 0 Å². The van der Waals surface area contributed by atoms with Crippen LogP contribution in [-0.4, -0.2) is 31.2 Å². The largest absolute Gasteiger partial charge is 0.458 e. The Kier molecular flexibility index (Phi) is 4.95. The summed E-state index contributed by atoms with van der Waals surface area (Å²) < 4.78 is 5.20. The molecule has 0 atom stereocenters. The van der Waals surface area contributed by atoms with E-state index in [0.29, 0.717) is 5.82 Å². The molecule has 0 aliphatic carbocycles.